The van der Waals surface area contributed by atoms with Crippen LogP contribution < -0.4 is 10.9 Å². The highest BCUT2D eigenvalue weighted by Crippen LogP contribution is 2.30. The minimum absolute atomic E-state index is 0.0187. The molecular formula is C21H22BrN3O2S. The fourth-order valence-corrected chi connectivity index (χ4v) is 5.35. The van der Waals surface area contributed by atoms with Crippen LogP contribution in [0.4, 0.5) is 0 Å². The third-order valence-corrected chi connectivity index (χ3v) is 7.25. The number of carbonyl (C=O) groups excluding carboxylic acids is 1. The average Bonchev–Trinajstić information content (AvgIpc) is 3.05. The minimum Gasteiger partial charge on any atom is -0.348 e. The number of aryl methyl sites for hydroxylation is 1. The van der Waals surface area contributed by atoms with Crippen molar-refractivity contribution in [2.45, 2.75) is 51.6 Å². The summed E-state index contributed by atoms with van der Waals surface area (Å²) < 4.78 is 3.31. The molecule has 5 nitrogen and oxygen atoms in total. The second-order valence-electron chi connectivity index (χ2n) is 7.23. The Morgan fingerprint density at radius 3 is 2.79 bits per heavy atom. The highest BCUT2D eigenvalue weighted by Gasteiger charge is 2.23. The van der Waals surface area contributed by atoms with Crippen molar-refractivity contribution in [2.24, 2.45) is 0 Å². The molecular weight excluding hydrogens is 438 g/mol. The Balaban J connectivity index is 1.63. The molecule has 1 N–H and O–H groups in total. The fourth-order valence-electron chi connectivity index (χ4n) is 3.88. The Kier molecular flexibility index (Phi) is 5.64. The molecule has 1 aromatic carbocycles. The van der Waals surface area contributed by atoms with E-state index in [1.807, 2.05) is 31.2 Å². The van der Waals surface area contributed by atoms with Crippen LogP contribution in [0, 0.1) is 6.92 Å². The molecule has 7 heteroatoms. The van der Waals surface area contributed by atoms with Gasteiger partial charge < -0.3 is 5.32 Å². The molecule has 0 unspecified atom stereocenters. The van der Waals surface area contributed by atoms with Gasteiger partial charge in [-0.15, -0.1) is 11.3 Å². The van der Waals surface area contributed by atoms with Crippen LogP contribution in [-0.2, 0) is 6.54 Å². The van der Waals surface area contributed by atoms with Crippen LogP contribution in [0.25, 0.3) is 10.2 Å². The third-order valence-electron chi connectivity index (χ3n) is 5.39. The molecule has 2 aromatic heterocycles. The van der Waals surface area contributed by atoms with Gasteiger partial charge in [-0.25, -0.2) is 4.98 Å². The molecule has 0 bridgehead atoms. The van der Waals surface area contributed by atoms with Crippen LogP contribution in [-0.4, -0.2) is 15.5 Å². The molecule has 0 aliphatic heterocycles. The molecule has 1 amide bonds. The first-order valence-corrected chi connectivity index (χ1v) is 11.2. The van der Waals surface area contributed by atoms with Crippen LogP contribution >= 0.6 is 27.3 Å². The zero-order valence-electron chi connectivity index (χ0n) is 15.7. The Morgan fingerprint density at radius 2 is 2.04 bits per heavy atom. The fraction of sp³-hybridized carbons (Fsp3) is 0.381. The van der Waals surface area contributed by atoms with Crippen molar-refractivity contribution in [3.63, 3.8) is 0 Å². The van der Waals surface area contributed by atoms with E-state index >= 15 is 0 Å². The first kappa shape index (κ1) is 19.3. The van der Waals surface area contributed by atoms with Crippen molar-refractivity contribution in [3.8, 4) is 0 Å². The average molecular weight is 460 g/mol. The van der Waals surface area contributed by atoms with E-state index in [1.54, 1.807) is 10.9 Å². The van der Waals surface area contributed by atoms with Gasteiger partial charge in [0, 0.05) is 21.9 Å². The van der Waals surface area contributed by atoms with E-state index in [4.69, 9.17) is 0 Å². The van der Waals surface area contributed by atoms with Crippen molar-refractivity contribution in [1.29, 1.82) is 0 Å². The normalized spacial score (nSPS) is 15.1. The molecule has 146 valence electrons. The van der Waals surface area contributed by atoms with Crippen LogP contribution in [0.3, 0.4) is 0 Å². The summed E-state index contributed by atoms with van der Waals surface area (Å²) in [5.74, 6) is -0.193. The molecule has 1 aliphatic carbocycles. The van der Waals surface area contributed by atoms with E-state index in [2.05, 4.69) is 26.2 Å². The molecule has 0 spiro atoms. The monoisotopic (exact) mass is 459 g/mol. The van der Waals surface area contributed by atoms with Crippen LogP contribution in [0.15, 0.2) is 39.9 Å². The minimum atomic E-state index is -0.193. The van der Waals surface area contributed by atoms with E-state index in [9.17, 15) is 9.59 Å². The maximum absolute atomic E-state index is 13.0. The van der Waals surface area contributed by atoms with Gasteiger partial charge in [0.1, 0.15) is 10.2 Å². The van der Waals surface area contributed by atoms with Gasteiger partial charge in [-0.2, -0.15) is 0 Å². The smallest absolute Gasteiger partial charge is 0.271 e. The maximum Gasteiger partial charge on any atom is 0.271 e. The zero-order valence-corrected chi connectivity index (χ0v) is 18.1. The predicted octanol–water partition coefficient (Wildman–Crippen LogP) is 4.96. The molecule has 3 aromatic rings. The predicted molar refractivity (Wildman–Crippen MR) is 116 cm³/mol. The summed E-state index contributed by atoms with van der Waals surface area (Å²) in [4.78, 5) is 31.2. The summed E-state index contributed by atoms with van der Waals surface area (Å²) in [7, 11) is 0. The Morgan fingerprint density at radius 1 is 1.29 bits per heavy atom. The first-order valence-electron chi connectivity index (χ1n) is 9.58. The van der Waals surface area contributed by atoms with Gasteiger partial charge in [0.25, 0.3) is 11.5 Å². The van der Waals surface area contributed by atoms with E-state index in [0.717, 1.165) is 40.6 Å². The zero-order chi connectivity index (χ0) is 19.7. The van der Waals surface area contributed by atoms with Gasteiger partial charge >= 0.3 is 0 Å². The summed E-state index contributed by atoms with van der Waals surface area (Å²) in [6, 6.07) is 8.01. The number of thiophene rings is 1. The molecule has 0 radical (unpaired) electrons. The number of aromatic nitrogens is 2. The van der Waals surface area contributed by atoms with Crippen molar-refractivity contribution in [2.75, 3.05) is 0 Å². The SMILES string of the molecule is Cc1sc2c(=O)n(C3CCCCC3)cnc2c1C(=O)NCc1ccccc1Br. The lowest BCUT2D eigenvalue weighted by atomic mass is 9.95. The van der Waals surface area contributed by atoms with Gasteiger partial charge in [-0.05, 0) is 31.4 Å². The second-order valence-corrected chi connectivity index (χ2v) is 9.31. The molecule has 1 fully saturated rings. The highest BCUT2D eigenvalue weighted by atomic mass is 79.9. The Bertz CT molecular complexity index is 1080. The molecule has 4 rings (SSSR count). The van der Waals surface area contributed by atoms with Crippen molar-refractivity contribution < 1.29 is 4.79 Å². The highest BCUT2D eigenvalue weighted by molar-refractivity contribution is 9.10. The molecule has 1 aliphatic rings. The van der Waals surface area contributed by atoms with E-state index in [1.165, 1.54) is 17.8 Å². The number of nitrogens with one attached hydrogen (secondary N) is 1. The number of fused-ring (bicyclic) bond motifs is 1. The molecule has 0 saturated heterocycles. The van der Waals surface area contributed by atoms with E-state index in [-0.39, 0.29) is 17.5 Å². The quantitative estimate of drug-likeness (QED) is 0.599. The Labute approximate surface area is 175 Å². The number of halogens is 1. The van der Waals surface area contributed by atoms with Gasteiger partial charge in [0.2, 0.25) is 0 Å². The summed E-state index contributed by atoms with van der Waals surface area (Å²) in [6.45, 7) is 2.29. The Hall–Kier alpha value is -1.99. The first-order chi connectivity index (χ1) is 13.6. The summed E-state index contributed by atoms with van der Waals surface area (Å²) in [5.41, 5.74) is 2.01. The molecule has 1 saturated carbocycles. The summed E-state index contributed by atoms with van der Waals surface area (Å²) >= 11 is 4.87. The van der Waals surface area contributed by atoms with Crippen molar-refractivity contribution >= 4 is 43.4 Å². The second kappa shape index (κ2) is 8.17. The number of rotatable bonds is 4. The van der Waals surface area contributed by atoms with Gasteiger partial charge in [-0.1, -0.05) is 53.4 Å². The van der Waals surface area contributed by atoms with Gasteiger partial charge in [0.05, 0.1) is 11.9 Å². The van der Waals surface area contributed by atoms with Crippen LogP contribution in [0.5, 0.6) is 0 Å². The lowest BCUT2D eigenvalue weighted by Crippen LogP contribution is -2.27. The molecule has 0 atom stereocenters. The van der Waals surface area contributed by atoms with E-state index in [0.29, 0.717) is 22.3 Å². The largest absolute Gasteiger partial charge is 0.348 e. The van der Waals surface area contributed by atoms with Crippen molar-refractivity contribution in [1.82, 2.24) is 14.9 Å². The molecule has 2 heterocycles. The maximum atomic E-state index is 13.0. The number of nitrogens with zero attached hydrogens (tertiary/aromatic N) is 2. The topological polar surface area (TPSA) is 64.0 Å². The van der Waals surface area contributed by atoms with Gasteiger partial charge in [-0.3, -0.25) is 14.2 Å². The number of hydrogen-bond donors (Lipinski definition) is 1. The number of amides is 1. The lowest BCUT2D eigenvalue weighted by molar-refractivity contribution is 0.0952. The van der Waals surface area contributed by atoms with Crippen LogP contribution in [0.2, 0.25) is 0 Å². The van der Waals surface area contributed by atoms with Gasteiger partial charge in [0.15, 0.2) is 0 Å². The summed E-state index contributed by atoms with van der Waals surface area (Å²) in [6.07, 6.45) is 7.23. The van der Waals surface area contributed by atoms with Crippen molar-refractivity contribution in [3.05, 3.63) is 61.4 Å². The third kappa shape index (κ3) is 3.65. The number of benzene rings is 1. The number of hydrogen-bond acceptors (Lipinski definition) is 4. The van der Waals surface area contributed by atoms with Crippen LogP contribution in [0.1, 0.15) is 58.9 Å². The lowest BCUT2D eigenvalue weighted by Gasteiger charge is -2.23. The van der Waals surface area contributed by atoms with E-state index < -0.39 is 0 Å². The molecule has 28 heavy (non-hydrogen) atoms. The standard InChI is InChI=1S/C21H22BrN3O2S/c1-13-17(20(26)23-11-14-7-5-6-10-16(14)22)18-19(28-13)21(27)25(12-24-18)15-8-3-2-4-9-15/h5-7,10,12,15H,2-4,8-9,11H2,1H3,(H,23,26). The summed E-state index contributed by atoms with van der Waals surface area (Å²) in [5, 5.41) is 2.96. The number of carbonyl (C=O) groups is 1.